The third-order valence-corrected chi connectivity index (χ3v) is 3.77. The summed E-state index contributed by atoms with van der Waals surface area (Å²) in [6.45, 7) is 3.97. The maximum atomic E-state index is 12.8. The van der Waals surface area contributed by atoms with Crippen LogP contribution in [0, 0.1) is 0 Å². The number of benzene rings is 2. The van der Waals surface area contributed by atoms with Crippen LogP contribution in [0.4, 0.5) is 0 Å². The Bertz CT molecular complexity index is 961. The molecule has 0 saturated carbocycles. The van der Waals surface area contributed by atoms with Crippen LogP contribution in [0.1, 0.15) is 19.4 Å². The van der Waals surface area contributed by atoms with Gasteiger partial charge in [0.2, 0.25) is 5.43 Å². The maximum absolute atomic E-state index is 12.8. The molecule has 4 rings (SSSR count). The lowest BCUT2D eigenvalue weighted by Gasteiger charge is -2.28. The van der Waals surface area contributed by atoms with Gasteiger partial charge in [0, 0.05) is 5.56 Å². The van der Waals surface area contributed by atoms with E-state index in [4.69, 9.17) is 9.15 Å². The summed E-state index contributed by atoms with van der Waals surface area (Å²) in [6.07, 6.45) is 3.91. The Morgan fingerprint density at radius 1 is 1.00 bits per heavy atom. The Labute approximate surface area is 121 Å². The van der Waals surface area contributed by atoms with Crippen LogP contribution < -0.4 is 10.2 Å². The van der Waals surface area contributed by atoms with E-state index in [1.165, 1.54) is 0 Å². The molecular weight excluding hydrogens is 264 g/mol. The summed E-state index contributed by atoms with van der Waals surface area (Å²) in [5.41, 5.74) is 1.61. The molecule has 0 atom stereocenters. The van der Waals surface area contributed by atoms with Gasteiger partial charge in [0.25, 0.3) is 0 Å². The molecule has 2 aromatic carbocycles. The summed E-state index contributed by atoms with van der Waals surface area (Å²) in [5.74, 6) is 0.720. The number of para-hydroxylation sites is 1. The van der Waals surface area contributed by atoms with Crippen LogP contribution in [0.2, 0.25) is 0 Å². The van der Waals surface area contributed by atoms with Crippen LogP contribution in [0.25, 0.3) is 28.0 Å². The van der Waals surface area contributed by atoms with Crippen molar-refractivity contribution in [2.45, 2.75) is 19.4 Å². The molecule has 0 aliphatic carbocycles. The van der Waals surface area contributed by atoms with Crippen LogP contribution in [0.3, 0.4) is 0 Å². The van der Waals surface area contributed by atoms with Crippen molar-refractivity contribution >= 4 is 28.0 Å². The second-order valence-electron chi connectivity index (χ2n) is 5.82. The lowest BCUT2D eigenvalue weighted by atomic mass is 9.98. The Kier molecular flexibility index (Phi) is 2.31. The molecule has 1 aliphatic heterocycles. The zero-order valence-electron chi connectivity index (χ0n) is 11.8. The molecule has 3 nitrogen and oxygen atoms in total. The molecule has 1 aliphatic rings. The summed E-state index contributed by atoms with van der Waals surface area (Å²) in [5, 5.41) is 1.18. The van der Waals surface area contributed by atoms with Gasteiger partial charge < -0.3 is 9.15 Å². The van der Waals surface area contributed by atoms with E-state index in [1.807, 2.05) is 50.3 Å². The van der Waals surface area contributed by atoms with Crippen LogP contribution in [-0.4, -0.2) is 5.60 Å². The molecule has 0 spiro atoms. The quantitative estimate of drug-likeness (QED) is 0.580. The minimum atomic E-state index is -0.363. The van der Waals surface area contributed by atoms with Gasteiger partial charge in [-0.3, -0.25) is 4.79 Å². The Morgan fingerprint density at radius 2 is 1.81 bits per heavy atom. The monoisotopic (exact) mass is 278 g/mol. The number of rotatable bonds is 0. The van der Waals surface area contributed by atoms with E-state index in [1.54, 1.807) is 12.1 Å². The molecule has 0 unspecified atom stereocenters. The zero-order chi connectivity index (χ0) is 14.6. The highest BCUT2D eigenvalue weighted by atomic mass is 16.5. The van der Waals surface area contributed by atoms with Crippen molar-refractivity contribution in [3.05, 3.63) is 58.3 Å². The van der Waals surface area contributed by atoms with Crippen molar-refractivity contribution in [2.75, 3.05) is 0 Å². The number of hydrogen-bond acceptors (Lipinski definition) is 3. The highest BCUT2D eigenvalue weighted by Gasteiger charge is 2.24. The molecule has 0 N–H and O–H groups in total. The molecule has 1 aromatic heterocycles. The standard InChI is InChI=1S/C18H14O3/c1-18(2)10-9-11-14(21-18)7-8-15-16(11)17(19)12-5-3-4-6-13(12)20-15/h3-10H,1-2H3. The molecular formula is C18H14O3. The van der Waals surface area contributed by atoms with Gasteiger partial charge in [-0.05, 0) is 44.2 Å². The molecule has 21 heavy (non-hydrogen) atoms. The fraction of sp³-hybridized carbons (Fsp3) is 0.167. The molecule has 3 aromatic rings. The average Bonchev–Trinajstić information content (AvgIpc) is 2.46. The van der Waals surface area contributed by atoms with E-state index in [9.17, 15) is 4.79 Å². The molecule has 0 fully saturated rings. The second-order valence-corrected chi connectivity index (χ2v) is 5.82. The van der Waals surface area contributed by atoms with Crippen molar-refractivity contribution in [1.82, 2.24) is 0 Å². The minimum absolute atomic E-state index is 0.0170. The van der Waals surface area contributed by atoms with E-state index in [0.29, 0.717) is 21.9 Å². The Balaban J connectivity index is 2.16. The Morgan fingerprint density at radius 3 is 2.67 bits per heavy atom. The van der Waals surface area contributed by atoms with Gasteiger partial charge in [-0.1, -0.05) is 18.2 Å². The SMILES string of the molecule is CC1(C)C=Cc2c(ccc3oc4ccccc4c(=O)c23)O1. The lowest BCUT2D eigenvalue weighted by Crippen LogP contribution is -2.27. The third-order valence-electron chi connectivity index (χ3n) is 3.77. The molecule has 0 radical (unpaired) electrons. The van der Waals surface area contributed by atoms with Crippen molar-refractivity contribution in [1.29, 1.82) is 0 Å². The molecule has 0 bridgehead atoms. The molecule has 104 valence electrons. The fourth-order valence-corrected chi connectivity index (χ4v) is 2.75. The number of ether oxygens (including phenoxy) is 1. The van der Waals surface area contributed by atoms with Crippen LogP contribution in [0.5, 0.6) is 5.75 Å². The topological polar surface area (TPSA) is 39.4 Å². The van der Waals surface area contributed by atoms with E-state index < -0.39 is 0 Å². The largest absolute Gasteiger partial charge is 0.483 e. The average molecular weight is 278 g/mol. The summed E-state index contributed by atoms with van der Waals surface area (Å²) in [7, 11) is 0. The maximum Gasteiger partial charge on any atom is 0.201 e. The highest BCUT2D eigenvalue weighted by Crippen LogP contribution is 2.35. The summed E-state index contributed by atoms with van der Waals surface area (Å²) in [6, 6.07) is 11.0. The second kappa shape index (κ2) is 3.98. The van der Waals surface area contributed by atoms with E-state index in [2.05, 4.69) is 0 Å². The first-order valence-electron chi connectivity index (χ1n) is 6.92. The number of hydrogen-bond donors (Lipinski definition) is 0. The van der Waals surface area contributed by atoms with Crippen molar-refractivity contribution in [3.63, 3.8) is 0 Å². The summed E-state index contributed by atoms with van der Waals surface area (Å²) >= 11 is 0. The molecule has 3 heteroatoms. The van der Waals surface area contributed by atoms with E-state index in [0.717, 1.165) is 11.3 Å². The van der Waals surface area contributed by atoms with Crippen LogP contribution in [0.15, 0.2) is 51.7 Å². The first-order chi connectivity index (χ1) is 10.1. The van der Waals surface area contributed by atoms with Crippen LogP contribution >= 0.6 is 0 Å². The fourth-order valence-electron chi connectivity index (χ4n) is 2.75. The lowest BCUT2D eigenvalue weighted by molar-refractivity contribution is 0.159. The van der Waals surface area contributed by atoms with Gasteiger partial charge in [0.1, 0.15) is 22.5 Å². The van der Waals surface area contributed by atoms with E-state index in [-0.39, 0.29) is 11.0 Å². The summed E-state index contributed by atoms with van der Waals surface area (Å²) in [4.78, 5) is 12.8. The predicted molar refractivity (Wildman–Crippen MR) is 83.7 cm³/mol. The van der Waals surface area contributed by atoms with Gasteiger partial charge in [-0.15, -0.1) is 0 Å². The predicted octanol–water partition coefficient (Wildman–Crippen LogP) is 4.13. The van der Waals surface area contributed by atoms with Gasteiger partial charge in [0.05, 0.1) is 10.8 Å². The zero-order valence-corrected chi connectivity index (χ0v) is 11.8. The highest BCUT2D eigenvalue weighted by molar-refractivity contribution is 5.96. The van der Waals surface area contributed by atoms with Crippen LogP contribution in [-0.2, 0) is 0 Å². The molecule has 2 heterocycles. The third kappa shape index (κ3) is 1.77. The van der Waals surface area contributed by atoms with Gasteiger partial charge >= 0.3 is 0 Å². The van der Waals surface area contributed by atoms with E-state index >= 15 is 0 Å². The van der Waals surface area contributed by atoms with Crippen molar-refractivity contribution in [2.24, 2.45) is 0 Å². The Hall–Kier alpha value is -2.55. The molecule has 0 amide bonds. The van der Waals surface area contributed by atoms with Gasteiger partial charge in [-0.2, -0.15) is 0 Å². The first-order valence-corrected chi connectivity index (χ1v) is 6.92. The van der Waals surface area contributed by atoms with Crippen molar-refractivity contribution < 1.29 is 9.15 Å². The first kappa shape index (κ1) is 12.2. The van der Waals surface area contributed by atoms with Gasteiger partial charge in [0.15, 0.2) is 0 Å². The van der Waals surface area contributed by atoms with Gasteiger partial charge in [-0.25, -0.2) is 0 Å². The normalized spacial score (nSPS) is 15.9. The minimum Gasteiger partial charge on any atom is -0.483 e. The number of fused-ring (bicyclic) bond motifs is 4. The smallest absolute Gasteiger partial charge is 0.201 e. The summed E-state index contributed by atoms with van der Waals surface area (Å²) < 4.78 is 11.8. The molecule has 0 saturated heterocycles. The van der Waals surface area contributed by atoms with Crippen molar-refractivity contribution in [3.8, 4) is 5.75 Å².